The van der Waals surface area contributed by atoms with Crippen LogP contribution in [0.15, 0.2) is 60.9 Å². The van der Waals surface area contributed by atoms with Gasteiger partial charge in [0.05, 0.1) is 49.9 Å². The van der Waals surface area contributed by atoms with Crippen molar-refractivity contribution in [2.45, 2.75) is 64.2 Å². The van der Waals surface area contributed by atoms with Gasteiger partial charge in [-0.25, -0.2) is 9.97 Å². The molecule has 4 aromatic rings. The van der Waals surface area contributed by atoms with E-state index in [0.717, 1.165) is 42.1 Å². The van der Waals surface area contributed by atoms with Crippen LogP contribution < -0.4 is 19.1 Å². The van der Waals surface area contributed by atoms with Crippen molar-refractivity contribution < 1.29 is 63.6 Å². The minimum atomic E-state index is -5.17. The summed E-state index contributed by atoms with van der Waals surface area (Å²) in [5.74, 6) is -1.60. The third-order valence-corrected chi connectivity index (χ3v) is 7.99. The molecule has 1 aromatic heterocycles. The number of hydrogen-bond donors (Lipinski definition) is 1. The van der Waals surface area contributed by atoms with Gasteiger partial charge >= 0.3 is 54.1 Å². The van der Waals surface area contributed by atoms with E-state index < -0.39 is 65.6 Å². The van der Waals surface area contributed by atoms with Crippen molar-refractivity contribution in [2.75, 3.05) is 25.7 Å². The molecular formula is C36H35F9N3NaO5. The van der Waals surface area contributed by atoms with Gasteiger partial charge in [0.15, 0.2) is 5.75 Å². The summed E-state index contributed by atoms with van der Waals surface area (Å²) in [6.45, 7) is 2.46. The van der Waals surface area contributed by atoms with Crippen LogP contribution in [-0.2, 0) is 36.4 Å². The Kier molecular flexibility index (Phi) is 14.7. The van der Waals surface area contributed by atoms with Crippen LogP contribution in [-0.4, -0.2) is 71.4 Å². The zero-order chi connectivity index (χ0) is 39.3. The Morgan fingerprint density at radius 2 is 1.37 bits per heavy atom. The third kappa shape index (κ3) is 11.4. The maximum atomic E-state index is 14.4. The molecule has 0 aliphatic rings. The molecule has 288 valence electrons. The number of carbonyl (C=O) groups is 1. The van der Waals surface area contributed by atoms with Crippen LogP contribution in [0, 0.1) is 0 Å². The van der Waals surface area contributed by atoms with Crippen molar-refractivity contribution in [3.05, 3.63) is 94.3 Å². The number of halogens is 9. The van der Waals surface area contributed by atoms with Gasteiger partial charge in [0.2, 0.25) is 5.95 Å². The molecule has 0 spiro atoms. The van der Waals surface area contributed by atoms with Crippen LogP contribution >= 0.6 is 0 Å². The molecule has 0 fully saturated rings. The number of ether oxygens (including phenoxy) is 3. The third-order valence-electron chi connectivity index (χ3n) is 7.99. The van der Waals surface area contributed by atoms with Crippen molar-refractivity contribution >= 4 is 41.5 Å². The summed E-state index contributed by atoms with van der Waals surface area (Å²) in [4.78, 5) is 20.2. The first-order chi connectivity index (χ1) is 24.7. The molecule has 1 N–H and O–H groups in total. The molecule has 1 heterocycles. The quantitative estimate of drug-likeness (QED) is 0.0770. The first-order valence-electron chi connectivity index (χ1n) is 15.9. The van der Waals surface area contributed by atoms with E-state index in [-0.39, 0.29) is 89.6 Å². The fourth-order valence-electron chi connectivity index (χ4n) is 5.39. The van der Waals surface area contributed by atoms with Gasteiger partial charge < -0.3 is 24.2 Å². The van der Waals surface area contributed by atoms with E-state index in [1.807, 2.05) is 13.8 Å². The zero-order valence-electron chi connectivity index (χ0n) is 28.7. The Hall–Kier alpha value is -4.22. The van der Waals surface area contributed by atoms with Crippen LogP contribution in [0.3, 0.4) is 0 Å². The van der Waals surface area contributed by atoms with E-state index in [9.17, 15) is 44.3 Å². The second-order valence-electron chi connectivity index (χ2n) is 12.2. The number of methoxy groups -OCH3 is 2. The van der Waals surface area contributed by atoms with Crippen molar-refractivity contribution in [3.63, 3.8) is 0 Å². The first-order valence-corrected chi connectivity index (χ1v) is 15.9. The fourth-order valence-corrected chi connectivity index (χ4v) is 5.39. The predicted octanol–water partition coefficient (Wildman–Crippen LogP) is 9.14. The van der Waals surface area contributed by atoms with Gasteiger partial charge in [0, 0.05) is 25.1 Å². The minimum absolute atomic E-state index is 0. The molecule has 0 aliphatic heterocycles. The summed E-state index contributed by atoms with van der Waals surface area (Å²) in [5.41, 5.74) is -3.65. The van der Waals surface area contributed by atoms with Crippen LogP contribution in [0.4, 0.5) is 45.5 Å². The zero-order valence-corrected chi connectivity index (χ0v) is 28.7. The van der Waals surface area contributed by atoms with E-state index in [1.165, 1.54) is 7.11 Å². The number of anilines is 1. The summed E-state index contributed by atoms with van der Waals surface area (Å²) in [6.07, 6.45) is -13.1. The van der Waals surface area contributed by atoms with Gasteiger partial charge in [-0.2, -0.15) is 39.5 Å². The van der Waals surface area contributed by atoms with E-state index in [1.54, 1.807) is 18.2 Å². The number of aliphatic carboxylic acids is 1. The molecule has 18 heteroatoms. The fraction of sp³-hybridized carbons (Fsp3) is 0.361. The summed E-state index contributed by atoms with van der Waals surface area (Å²) < 4.78 is 142. The average molecular weight is 784 g/mol. The van der Waals surface area contributed by atoms with Crippen LogP contribution in [0.2, 0.25) is 0 Å². The van der Waals surface area contributed by atoms with Crippen LogP contribution in [0.1, 0.15) is 66.0 Å². The number of nitrogens with zero attached hydrogens (tertiary/aromatic N) is 3. The van der Waals surface area contributed by atoms with Crippen molar-refractivity contribution in [3.8, 4) is 28.4 Å². The SMILES string of the molecule is COc1ccc(C(C)C)cc1-c1cc(OC)c(C(F)(F)F)cc1CN(Cc1cc(C(F)(F)F)cc(C(F)(F)F)c1)c1ncc(OCCCC(=O)O)cn1.[NaH]. The van der Waals surface area contributed by atoms with E-state index in [2.05, 4.69) is 9.97 Å². The molecule has 0 radical (unpaired) electrons. The van der Waals surface area contributed by atoms with Gasteiger partial charge in [-0.15, -0.1) is 0 Å². The molecule has 0 amide bonds. The summed E-state index contributed by atoms with van der Waals surface area (Å²) in [5, 5.41) is 8.84. The van der Waals surface area contributed by atoms with Crippen molar-refractivity contribution in [1.29, 1.82) is 0 Å². The first kappa shape index (κ1) is 44.2. The van der Waals surface area contributed by atoms with Gasteiger partial charge in [-0.05, 0) is 77.1 Å². The van der Waals surface area contributed by atoms with Gasteiger partial charge in [0.1, 0.15) is 11.5 Å². The van der Waals surface area contributed by atoms with E-state index in [4.69, 9.17) is 19.3 Å². The standard InChI is InChI=1S/C36H34F9N3O5.Na.H/c1-20(2)22-7-8-30(51-3)28(12-22)27-15-31(52-4)29(36(43,44)45)13-23(27)19-48(33-46-16-26(17-47-33)53-9-5-6-32(49)50)18-21-10-24(34(37,38)39)14-25(11-21)35(40,41)42;;/h7-8,10-17,20H,5-6,9,18-19H2,1-4H3,(H,49,50);;. The predicted molar refractivity (Wildman–Crippen MR) is 182 cm³/mol. The summed E-state index contributed by atoms with van der Waals surface area (Å²) in [7, 11) is 2.40. The molecule has 0 unspecified atom stereocenters. The topological polar surface area (TPSA) is 94.0 Å². The molecule has 4 rings (SSSR count). The van der Waals surface area contributed by atoms with Crippen LogP contribution in [0.25, 0.3) is 11.1 Å². The number of carboxylic acids is 1. The Bertz CT molecular complexity index is 1870. The maximum absolute atomic E-state index is 14.4. The van der Waals surface area contributed by atoms with Gasteiger partial charge in [-0.3, -0.25) is 4.79 Å². The van der Waals surface area contributed by atoms with Crippen molar-refractivity contribution in [1.82, 2.24) is 9.97 Å². The van der Waals surface area contributed by atoms with E-state index >= 15 is 0 Å². The number of aromatic nitrogens is 2. The monoisotopic (exact) mass is 783 g/mol. The molecule has 0 aliphatic carbocycles. The average Bonchev–Trinajstić information content (AvgIpc) is 3.08. The Labute approximate surface area is 326 Å². The molecule has 54 heavy (non-hydrogen) atoms. The Morgan fingerprint density at radius 3 is 1.87 bits per heavy atom. The molecule has 0 bridgehead atoms. The molecular weight excluding hydrogens is 748 g/mol. The second kappa shape index (κ2) is 17.9. The van der Waals surface area contributed by atoms with Gasteiger partial charge in [0.25, 0.3) is 0 Å². The Morgan fingerprint density at radius 1 is 0.778 bits per heavy atom. The summed E-state index contributed by atoms with van der Waals surface area (Å²) in [6, 6.07) is 8.00. The molecule has 3 aromatic carbocycles. The number of carboxylic acid groups (broad SMARTS) is 1. The molecule has 0 atom stereocenters. The Balaban J connectivity index is 0.00000784. The second-order valence-corrected chi connectivity index (χ2v) is 12.2. The molecule has 0 saturated heterocycles. The molecule has 8 nitrogen and oxygen atoms in total. The normalized spacial score (nSPS) is 12.0. The molecule has 0 saturated carbocycles. The number of rotatable bonds is 14. The van der Waals surface area contributed by atoms with Gasteiger partial charge in [-0.1, -0.05) is 19.9 Å². The van der Waals surface area contributed by atoms with E-state index in [0.29, 0.717) is 17.7 Å². The van der Waals surface area contributed by atoms with Crippen molar-refractivity contribution in [2.24, 2.45) is 0 Å². The number of hydrogen-bond acceptors (Lipinski definition) is 7. The number of benzene rings is 3. The van der Waals surface area contributed by atoms with Crippen LogP contribution in [0.5, 0.6) is 17.2 Å². The number of alkyl halides is 9. The summed E-state index contributed by atoms with van der Waals surface area (Å²) >= 11 is 0.